The summed E-state index contributed by atoms with van der Waals surface area (Å²) >= 11 is 0. The van der Waals surface area contributed by atoms with Gasteiger partial charge in [0.2, 0.25) is 11.8 Å². The summed E-state index contributed by atoms with van der Waals surface area (Å²) in [4.78, 5) is 14.3. The molecule has 0 radical (unpaired) electrons. The molecule has 3 rings (SSSR count). The van der Waals surface area contributed by atoms with Crippen LogP contribution >= 0.6 is 0 Å². The molecule has 0 bridgehead atoms. The molecular formula is C24H28FN3O2. The fraction of sp³-hybridized carbons (Fsp3) is 0.333. The lowest BCUT2D eigenvalue weighted by molar-refractivity contribution is -0.131. The van der Waals surface area contributed by atoms with Crippen molar-refractivity contribution in [2.45, 2.75) is 46.6 Å². The van der Waals surface area contributed by atoms with Gasteiger partial charge in [-0.25, -0.2) is 9.07 Å². The Morgan fingerprint density at radius 2 is 1.87 bits per heavy atom. The first-order valence-corrected chi connectivity index (χ1v) is 10.1. The lowest BCUT2D eigenvalue weighted by Gasteiger charge is -2.21. The van der Waals surface area contributed by atoms with Crippen LogP contribution in [-0.2, 0) is 11.2 Å². The summed E-state index contributed by atoms with van der Waals surface area (Å²) in [5, 5.41) is 4.63. The number of carbonyl (C=O) groups is 1. The van der Waals surface area contributed by atoms with E-state index in [0.717, 1.165) is 16.8 Å². The number of ether oxygens (including phenoxy) is 1. The summed E-state index contributed by atoms with van der Waals surface area (Å²) in [7, 11) is 1.81. The molecule has 1 aromatic heterocycles. The number of benzene rings is 2. The molecule has 1 heterocycles. The molecule has 0 aliphatic rings. The number of hydrogen-bond donors (Lipinski definition) is 0. The summed E-state index contributed by atoms with van der Waals surface area (Å²) in [6, 6.07) is 14.0. The smallest absolute Gasteiger partial charge is 0.226 e. The molecule has 0 aliphatic carbocycles. The molecule has 158 valence electrons. The Kier molecular flexibility index (Phi) is 6.55. The number of halogens is 1. The fourth-order valence-electron chi connectivity index (χ4n) is 3.18. The molecule has 3 aromatic rings. The van der Waals surface area contributed by atoms with Crippen molar-refractivity contribution in [3.63, 3.8) is 0 Å². The first-order valence-electron chi connectivity index (χ1n) is 10.1. The van der Waals surface area contributed by atoms with Crippen LogP contribution in [0.15, 0.2) is 48.5 Å². The minimum Gasteiger partial charge on any atom is -0.439 e. The van der Waals surface area contributed by atoms with Crippen LogP contribution in [0, 0.1) is 19.7 Å². The van der Waals surface area contributed by atoms with Crippen LogP contribution in [0.3, 0.4) is 0 Å². The maximum atomic E-state index is 13.4. The van der Waals surface area contributed by atoms with Gasteiger partial charge in [0, 0.05) is 25.1 Å². The zero-order chi connectivity index (χ0) is 21.8. The van der Waals surface area contributed by atoms with Crippen LogP contribution in [0.2, 0.25) is 0 Å². The highest BCUT2D eigenvalue weighted by atomic mass is 19.1. The number of nitrogens with zero attached hydrogens (tertiary/aromatic N) is 3. The van der Waals surface area contributed by atoms with Gasteiger partial charge < -0.3 is 9.64 Å². The highest BCUT2D eigenvalue weighted by Crippen LogP contribution is 2.32. The van der Waals surface area contributed by atoms with Crippen LogP contribution in [0.25, 0.3) is 5.69 Å². The van der Waals surface area contributed by atoms with Crippen LogP contribution in [0.4, 0.5) is 4.39 Å². The first-order chi connectivity index (χ1) is 14.3. The van der Waals surface area contributed by atoms with E-state index in [2.05, 4.69) is 5.10 Å². The second-order valence-corrected chi connectivity index (χ2v) is 7.77. The molecular weight excluding hydrogens is 381 g/mol. The van der Waals surface area contributed by atoms with E-state index in [1.165, 1.54) is 12.1 Å². The van der Waals surface area contributed by atoms with Gasteiger partial charge in [0.15, 0.2) is 0 Å². The molecule has 0 aliphatic heterocycles. The topological polar surface area (TPSA) is 47.4 Å². The number of amides is 1. The normalized spacial score (nSPS) is 11.0. The van der Waals surface area contributed by atoms with Gasteiger partial charge in [-0.1, -0.05) is 12.1 Å². The molecule has 0 atom stereocenters. The van der Waals surface area contributed by atoms with Crippen molar-refractivity contribution >= 4 is 5.91 Å². The number of aromatic nitrogens is 2. The lowest BCUT2D eigenvalue weighted by atomic mass is 10.1. The summed E-state index contributed by atoms with van der Waals surface area (Å²) in [5.74, 6) is 0.988. The standard InChI is InChI=1S/C24H28FN3O2/c1-16(2)27(5)23(29)14-13-22-18(4)26-28(20-11-9-19(25)10-12-20)24(22)30-21-8-6-7-17(3)15-21/h6-12,15-16H,13-14H2,1-5H3. The van der Waals surface area contributed by atoms with E-state index in [1.54, 1.807) is 21.7 Å². The van der Waals surface area contributed by atoms with E-state index in [4.69, 9.17) is 4.74 Å². The van der Waals surface area contributed by atoms with Crippen molar-refractivity contribution in [3.05, 3.63) is 71.2 Å². The molecule has 0 unspecified atom stereocenters. The van der Waals surface area contributed by atoms with E-state index in [9.17, 15) is 9.18 Å². The van der Waals surface area contributed by atoms with E-state index < -0.39 is 0 Å². The molecule has 0 saturated heterocycles. The zero-order valence-corrected chi connectivity index (χ0v) is 18.1. The SMILES string of the molecule is Cc1cccc(Oc2c(CCC(=O)N(C)C(C)C)c(C)nn2-c2ccc(F)cc2)c1. The zero-order valence-electron chi connectivity index (χ0n) is 18.1. The molecule has 6 heteroatoms. The highest BCUT2D eigenvalue weighted by molar-refractivity contribution is 5.76. The van der Waals surface area contributed by atoms with Gasteiger partial charge in [-0.2, -0.15) is 5.10 Å². The van der Waals surface area contributed by atoms with Crippen molar-refractivity contribution in [1.29, 1.82) is 0 Å². The summed E-state index contributed by atoms with van der Waals surface area (Å²) in [6.07, 6.45) is 0.860. The molecule has 5 nitrogen and oxygen atoms in total. The van der Waals surface area contributed by atoms with Crippen molar-refractivity contribution < 1.29 is 13.9 Å². The summed E-state index contributed by atoms with van der Waals surface area (Å²) < 4.78 is 21.3. The van der Waals surface area contributed by atoms with Gasteiger partial charge >= 0.3 is 0 Å². The van der Waals surface area contributed by atoms with E-state index in [-0.39, 0.29) is 17.8 Å². The third-order valence-electron chi connectivity index (χ3n) is 5.17. The average Bonchev–Trinajstić information content (AvgIpc) is 3.01. The molecule has 30 heavy (non-hydrogen) atoms. The summed E-state index contributed by atoms with van der Waals surface area (Å²) in [6.45, 7) is 7.87. The molecule has 2 aromatic carbocycles. The molecule has 0 fully saturated rings. The van der Waals surface area contributed by atoms with Gasteiger partial charge in [-0.05, 0) is 76.1 Å². The Labute approximate surface area is 177 Å². The van der Waals surface area contributed by atoms with Gasteiger partial charge in [0.1, 0.15) is 11.6 Å². The van der Waals surface area contributed by atoms with Gasteiger partial charge in [-0.3, -0.25) is 4.79 Å². The Hall–Kier alpha value is -3.15. The Balaban J connectivity index is 1.98. The molecule has 0 N–H and O–H groups in total. The molecule has 1 amide bonds. The monoisotopic (exact) mass is 409 g/mol. The molecule has 0 spiro atoms. The first kappa shape index (κ1) is 21.6. The third-order valence-corrected chi connectivity index (χ3v) is 5.17. The minimum absolute atomic E-state index is 0.0698. The Morgan fingerprint density at radius 1 is 1.17 bits per heavy atom. The number of rotatable bonds is 7. The van der Waals surface area contributed by atoms with Crippen molar-refractivity contribution in [2.75, 3.05) is 7.05 Å². The fourth-order valence-corrected chi connectivity index (χ4v) is 3.18. The van der Waals surface area contributed by atoms with E-state index in [1.807, 2.05) is 59.0 Å². The van der Waals surface area contributed by atoms with Crippen molar-refractivity contribution in [1.82, 2.24) is 14.7 Å². The minimum atomic E-state index is -0.314. The number of aryl methyl sites for hydroxylation is 2. The van der Waals surface area contributed by atoms with Crippen LogP contribution in [-0.4, -0.2) is 33.7 Å². The van der Waals surface area contributed by atoms with Crippen molar-refractivity contribution in [2.24, 2.45) is 0 Å². The largest absolute Gasteiger partial charge is 0.439 e. The Bertz CT molecular complexity index is 1030. The predicted molar refractivity (Wildman–Crippen MR) is 116 cm³/mol. The van der Waals surface area contributed by atoms with Crippen LogP contribution in [0.5, 0.6) is 11.6 Å². The van der Waals surface area contributed by atoms with E-state index in [0.29, 0.717) is 30.2 Å². The maximum Gasteiger partial charge on any atom is 0.226 e. The van der Waals surface area contributed by atoms with Crippen LogP contribution < -0.4 is 4.74 Å². The number of hydrogen-bond acceptors (Lipinski definition) is 3. The second-order valence-electron chi connectivity index (χ2n) is 7.77. The number of carbonyl (C=O) groups excluding carboxylic acids is 1. The lowest BCUT2D eigenvalue weighted by Crippen LogP contribution is -2.33. The molecule has 0 saturated carbocycles. The van der Waals surface area contributed by atoms with Crippen molar-refractivity contribution in [3.8, 4) is 17.3 Å². The predicted octanol–water partition coefficient (Wildman–Crippen LogP) is 5.22. The Morgan fingerprint density at radius 3 is 2.50 bits per heavy atom. The van der Waals surface area contributed by atoms with Gasteiger partial charge in [0.25, 0.3) is 0 Å². The quantitative estimate of drug-likeness (QED) is 0.537. The second kappa shape index (κ2) is 9.11. The maximum absolute atomic E-state index is 13.4. The van der Waals surface area contributed by atoms with Crippen LogP contribution in [0.1, 0.15) is 37.1 Å². The van der Waals surface area contributed by atoms with E-state index >= 15 is 0 Å². The average molecular weight is 410 g/mol. The van der Waals surface area contributed by atoms with Gasteiger partial charge in [-0.15, -0.1) is 0 Å². The van der Waals surface area contributed by atoms with Gasteiger partial charge in [0.05, 0.1) is 11.4 Å². The summed E-state index contributed by atoms with van der Waals surface area (Å²) in [5.41, 5.74) is 3.42. The third kappa shape index (κ3) is 4.87. The highest BCUT2D eigenvalue weighted by Gasteiger charge is 2.21.